The molecule has 24 heavy (non-hydrogen) atoms. The van der Waals surface area contributed by atoms with Crippen LogP contribution >= 0.6 is 11.6 Å². The van der Waals surface area contributed by atoms with E-state index in [9.17, 15) is 24.8 Å². The summed E-state index contributed by atoms with van der Waals surface area (Å²) >= 11 is 6.00. The molecule has 8 heteroatoms. The van der Waals surface area contributed by atoms with Gasteiger partial charge in [-0.1, -0.05) is 35.9 Å². The minimum atomic E-state index is -1.23. The highest BCUT2D eigenvalue weighted by molar-refractivity contribution is 6.31. The van der Waals surface area contributed by atoms with Gasteiger partial charge < -0.3 is 10.4 Å². The van der Waals surface area contributed by atoms with Crippen LogP contribution in [-0.4, -0.2) is 27.9 Å². The summed E-state index contributed by atoms with van der Waals surface area (Å²) in [7, 11) is 0. The Bertz CT molecular complexity index is 794. The van der Waals surface area contributed by atoms with Crippen LogP contribution in [-0.2, 0) is 11.2 Å². The van der Waals surface area contributed by atoms with Crippen molar-refractivity contribution >= 4 is 29.2 Å². The predicted molar refractivity (Wildman–Crippen MR) is 87.1 cm³/mol. The summed E-state index contributed by atoms with van der Waals surface area (Å²) in [5.41, 5.74) is 0.334. The molecule has 0 spiro atoms. The molecule has 2 aromatic carbocycles. The summed E-state index contributed by atoms with van der Waals surface area (Å²) in [5, 5.41) is 22.8. The third-order valence-corrected chi connectivity index (χ3v) is 3.67. The van der Waals surface area contributed by atoms with Crippen molar-refractivity contribution in [2.24, 2.45) is 0 Å². The van der Waals surface area contributed by atoms with Crippen molar-refractivity contribution in [2.75, 3.05) is 0 Å². The number of carboxylic acid groups (broad SMARTS) is 1. The zero-order valence-corrected chi connectivity index (χ0v) is 13.1. The standard InChI is InChI=1S/C16H13ClN2O5/c17-13-7-2-1-4-10(13)9-14(16(21)22)18-15(20)11-5-3-6-12(8-11)19(23)24/h1-8,14H,9H2,(H,18,20)(H,21,22)/t14-/m0/s1. The van der Waals surface area contributed by atoms with Crippen molar-refractivity contribution in [3.8, 4) is 0 Å². The van der Waals surface area contributed by atoms with Crippen molar-refractivity contribution in [1.82, 2.24) is 5.32 Å². The number of benzene rings is 2. The maximum Gasteiger partial charge on any atom is 0.326 e. The molecule has 0 aliphatic rings. The first kappa shape index (κ1) is 17.4. The smallest absolute Gasteiger partial charge is 0.326 e. The number of nitro benzene ring substituents is 1. The average molecular weight is 349 g/mol. The fraction of sp³-hybridized carbons (Fsp3) is 0.125. The Balaban J connectivity index is 2.17. The molecule has 124 valence electrons. The van der Waals surface area contributed by atoms with Crippen LogP contribution in [0.15, 0.2) is 48.5 Å². The summed E-state index contributed by atoms with van der Waals surface area (Å²) in [6, 6.07) is 10.6. The van der Waals surface area contributed by atoms with E-state index in [1.165, 1.54) is 18.2 Å². The number of nitrogens with one attached hydrogen (secondary N) is 1. The number of non-ortho nitro benzene ring substituents is 1. The summed E-state index contributed by atoms with van der Waals surface area (Å²) in [6.45, 7) is 0. The molecule has 1 atom stereocenters. The first-order chi connectivity index (χ1) is 11.4. The molecule has 2 N–H and O–H groups in total. The van der Waals surface area contributed by atoms with Crippen LogP contribution in [0.5, 0.6) is 0 Å². The number of carbonyl (C=O) groups is 2. The number of hydrogen-bond acceptors (Lipinski definition) is 4. The largest absolute Gasteiger partial charge is 0.480 e. The Hall–Kier alpha value is -2.93. The second-order valence-corrected chi connectivity index (χ2v) is 5.37. The second kappa shape index (κ2) is 7.56. The lowest BCUT2D eigenvalue weighted by molar-refractivity contribution is -0.384. The fourth-order valence-electron chi connectivity index (χ4n) is 2.09. The minimum absolute atomic E-state index is 0.00429. The molecule has 0 bridgehead atoms. The Morgan fingerprint density at radius 3 is 2.54 bits per heavy atom. The highest BCUT2D eigenvalue weighted by Crippen LogP contribution is 2.17. The van der Waals surface area contributed by atoms with Gasteiger partial charge in [0.15, 0.2) is 0 Å². The molecule has 0 radical (unpaired) electrons. The summed E-state index contributed by atoms with van der Waals surface area (Å²) < 4.78 is 0. The Morgan fingerprint density at radius 2 is 1.92 bits per heavy atom. The fourth-order valence-corrected chi connectivity index (χ4v) is 2.30. The maximum absolute atomic E-state index is 12.2. The molecule has 0 fully saturated rings. The molecule has 0 saturated heterocycles. The monoisotopic (exact) mass is 348 g/mol. The van der Waals surface area contributed by atoms with E-state index in [0.717, 1.165) is 6.07 Å². The number of hydrogen-bond donors (Lipinski definition) is 2. The van der Waals surface area contributed by atoms with E-state index >= 15 is 0 Å². The lowest BCUT2D eigenvalue weighted by Crippen LogP contribution is -2.42. The van der Waals surface area contributed by atoms with Gasteiger partial charge in [-0.05, 0) is 17.7 Å². The molecule has 2 rings (SSSR count). The topological polar surface area (TPSA) is 110 Å². The summed E-state index contributed by atoms with van der Waals surface area (Å²) in [5.74, 6) is -1.94. The zero-order valence-electron chi connectivity index (χ0n) is 12.3. The Morgan fingerprint density at radius 1 is 1.21 bits per heavy atom. The van der Waals surface area contributed by atoms with E-state index in [1.807, 2.05) is 0 Å². The van der Waals surface area contributed by atoms with Crippen LogP contribution in [0.25, 0.3) is 0 Å². The van der Waals surface area contributed by atoms with Crippen LogP contribution in [0, 0.1) is 10.1 Å². The molecule has 7 nitrogen and oxygen atoms in total. The Kier molecular flexibility index (Phi) is 5.49. The number of aliphatic carboxylic acids is 1. The first-order valence-electron chi connectivity index (χ1n) is 6.90. The molecule has 0 aromatic heterocycles. The van der Waals surface area contributed by atoms with Gasteiger partial charge in [0, 0.05) is 29.1 Å². The molecule has 0 unspecified atom stereocenters. The van der Waals surface area contributed by atoms with E-state index in [0.29, 0.717) is 10.6 Å². The lowest BCUT2D eigenvalue weighted by Gasteiger charge is -2.15. The number of amides is 1. The van der Waals surface area contributed by atoms with Crippen molar-refractivity contribution in [3.63, 3.8) is 0 Å². The van der Waals surface area contributed by atoms with Crippen LogP contribution < -0.4 is 5.32 Å². The lowest BCUT2D eigenvalue weighted by atomic mass is 10.1. The summed E-state index contributed by atoms with van der Waals surface area (Å²) in [6.07, 6.45) is -0.00429. The molecule has 0 aliphatic heterocycles. The maximum atomic E-state index is 12.2. The van der Waals surface area contributed by atoms with Gasteiger partial charge >= 0.3 is 5.97 Å². The van der Waals surface area contributed by atoms with Gasteiger partial charge in [-0.2, -0.15) is 0 Å². The number of nitro groups is 1. The highest BCUT2D eigenvalue weighted by Gasteiger charge is 2.22. The van der Waals surface area contributed by atoms with E-state index in [-0.39, 0.29) is 17.7 Å². The van der Waals surface area contributed by atoms with Crippen LogP contribution in [0.1, 0.15) is 15.9 Å². The third-order valence-electron chi connectivity index (χ3n) is 3.30. The van der Waals surface area contributed by atoms with Crippen LogP contribution in [0.2, 0.25) is 5.02 Å². The molecule has 0 heterocycles. The van der Waals surface area contributed by atoms with Gasteiger partial charge in [0.05, 0.1) is 4.92 Å². The number of halogens is 1. The number of rotatable bonds is 6. The zero-order chi connectivity index (χ0) is 17.7. The van der Waals surface area contributed by atoms with Gasteiger partial charge in [-0.3, -0.25) is 14.9 Å². The number of nitrogens with zero attached hydrogens (tertiary/aromatic N) is 1. The van der Waals surface area contributed by atoms with Gasteiger partial charge in [-0.25, -0.2) is 4.79 Å². The molecule has 0 saturated carbocycles. The molecule has 1 amide bonds. The highest BCUT2D eigenvalue weighted by atomic mass is 35.5. The quantitative estimate of drug-likeness (QED) is 0.616. The van der Waals surface area contributed by atoms with Crippen LogP contribution in [0.3, 0.4) is 0 Å². The number of carbonyl (C=O) groups excluding carboxylic acids is 1. The second-order valence-electron chi connectivity index (χ2n) is 4.97. The van der Waals surface area contributed by atoms with E-state index < -0.39 is 22.8 Å². The van der Waals surface area contributed by atoms with E-state index in [2.05, 4.69) is 5.32 Å². The first-order valence-corrected chi connectivity index (χ1v) is 7.28. The van der Waals surface area contributed by atoms with Crippen molar-refractivity contribution < 1.29 is 19.6 Å². The predicted octanol–water partition coefficient (Wildman–Crippen LogP) is 2.67. The number of carboxylic acids is 1. The molecule has 2 aromatic rings. The Labute approximate surface area is 142 Å². The molecule has 0 aliphatic carbocycles. The normalized spacial score (nSPS) is 11.5. The average Bonchev–Trinajstić information content (AvgIpc) is 2.56. The van der Waals surface area contributed by atoms with Crippen LogP contribution in [0.4, 0.5) is 5.69 Å². The molecular weight excluding hydrogens is 336 g/mol. The van der Waals surface area contributed by atoms with E-state index in [4.69, 9.17) is 11.6 Å². The van der Waals surface area contributed by atoms with Crippen molar-refractivity contribution in [1.29, 1.82) is 0 Å². The SMILES string of the molecule is O=C(N[C@@H](Cc1ccccc1Cl)C(=O)O)c1cccc([N+](=O)[O-])c1. The van der Waals surface area contributed by atoms with Gasteiger partial charge in [-0.15, -0.1) is 0 Å². The van der Waals surface area contributed by atoms with E-state index in [1.54, 1.807) is 24.3 Å². The van der Waals surface area contributed by atoms with Gasteiger partial charge in [0.1, 0.15) is 6.04 Å². The van der Waals surface area contributed by atoms with Gasteiger partial charge in [0.25, 0.3) is 11.6 Å². The summed E-state index contributed by atoms with van der Waals surface area (Å²) in [4.78, 5) is 33.7. The minimum Gasteiger partial charge on any atom is -0.480 e. The van der Waals surface area contributed by atoms with Crippen molar-refractivity contribution in [2.45, 2.75) is 12.5 Å². The van der Waals surface area contributed by atoms with Gasteiger partial charge in [0.2, 0.25) is 0 Å². The third kappa shape index (κ3) is 4.30. The molecular formula is C16H13ClN2O5. The van der Waals surface area contributed by atoms with Crippen molar-refractivity contribution in [3.05, 3.63) is 74.8 Å².